The molecule has 4 heterocycles. The Bertz CT molecular complexity index is 1540. The van der Waals surface area contributed by atoms with Crippen molar-refractivity contribution in [2.45, 2.75) is 18.7 Å². The first-order chi connectivity index (χ1) is 20.2. The van der Waals surface area contributed by atoms with Gasteiger partial charge in [-0.2, -0.15) is 10.1 Å². The molecule has 0 aliphatic carbocycles. The molecule has 214 valence electrons. The fourth-order valence-electron chi connectivity index (χ4n) is 4.27. The number of anilines is 4. The van der Waals surface area contributed by atoms with Gasteiger partial charge in [0.25, 0.3) is 11.8 Å². The highest BCUT2D eigenvalue weighted by molar-refractivity contribution is 6.60. The van der Waals surface area contributed by atoms with Crippen molar-refractivity contribution >= 4 is 52.5 Å². The van der Waals surface area contributed by atoms with Crippen LogP contribution >= 0.6 is 0 Å². The molecule has 1 fully saturated rings. The third-order valence-electron chi connectivity index (χ3n) is 6.21. The molecule has 4 aromatic rings. The number of nitrogens with one attached hydrogen (secondary N) is 3. The number of morpholine rings is 1. The SMILES string of the molecule is BC(B)(B)NC(=O)c1nnc(Nc2ccc(C)nn2)cc1Nc1cccc(-c2nc(CN3CCOCC3)no2)c1OC. The zero-order valence-electron chi connectivity index (χ0n) is 24.3. The number of aromatic nitrogens is 6. The summed E-state index contributed by atoms with van der Waals surface area (Å²) in [7, 11) is 7.22. The second-order valence-corrected chi connectivity index (χ2v) is 10.8. The number of aryl methyl sites for hydroxylation is 1. The van der Waals surface area contributed by atoms with Crippen LogP contribution in [0.15, 0.2) is 40.9 Å². The molecule has 0 radical (unpaired) electrons. The fraction of sp³-hybridized carbons (Fsp3) is 0.320. The first-order valence-electron chi connectivity index (χ1n) is 13.5. The van der Waals surface area contributed by atoms with Gasteiger partial charge in [-0.3, -0.25) is 9.69 Å². The maximum Gasteiger partial charge on any atom is 0.272 e. The summed E-state index contributed by atoms with van der Waals surface area (Å²) in [5.74, 6) is 1.80. The molecule has 3 N–H and O–H groups in total. The van der Waals surface area contributed by atoms with Crippen molar-refractivity contribution in [2.75, 3.05) is 44.0 Å². The molecule has 0 unspecified atom stereocenters. The van der Waals surface area contributed by atoms with Gasteiger partial charge in [0.2, 0.25) is 0 Å². The van der Waals surface area contributed by atoms with Crippen molar-refractivity contribution in [1.29, 1.82) is 0 Å². The average Bonchev–Trinajstić information content (AvgIpc) is 3.42. The zero-order chi connectivity index (χ0) is 29.7. The topological polar surface area (TPSA) is 165 Å². The number of hydrogen-bond donors (Lipinski definition) is 3. The van der Waals surface area contributed by atoms with Crippen LogP contribution in [-0.4, -0.2) is 104 Å². The second kappa shape index (κ2) is 12.6. The highest BCUT2D eigenvalue weighted by Gasteiger charge is 2.24. The molecular formula is C25H31B3N10O4. The summed E-state index contributed by atoms with van der Waals surface area (Å²) in [6.45, 7) is 5.39. The summed E-state index contributed by atoms with van der Waals surface area (Å²) in [5, 5.41) is 29.6. The Morgan fingerprint density at radius 1 is 1.02 bits per heavy atom. The number of amides is 1. The highest BCUT2D eigenvalue weighted by atomic mass is 16.5. The van der Waals surface area contributed by atoms with Crippen molar-refractivity contribution < 1.29 is 18.8 Å². The molecule has 42 heavy (non-hydrogen) atoms. The van der Waals surface area contributed by atoms with E-state index in [0.717, 1.165) is 18.8 Å². The van der Waals surface area contributed by atoms with Crippen LogP contribution in [0.4, 0.5) is 23.0 Å². The second-order valence-electron chi connectivity index (χ2n) is 10.8. The zero-order valence-corrected chi connectivity index (χ0v) is 24.3. The fourth-order valence-corrected chi connectivity index (χ4v) is 4.27. The molecule has 0 atom stereocenters. The lowest BCUT2D eigenvalue weighted by Crippen LogP contribution is -2.50. The van der Waals surface area contributed by atoms with E-state index in [1.54, 1.807) is 19.2 Å². The molecular weight excluding hydrogens is 537 g/mol. The maximum absolute atomic E-state index is 13.2. The standard InChI is InChI=1S/C25H31B3N10O4/c1-14-6-7-18(34-33-14)30-19-12-17(21(36-35-19)23(39)32-25(26,27)28)29-16-5-3-4-15(22(16)40-2)24-31-20(37-42-24)13-38-8-10-41-11-9-38/h3-7,12H,8-11,13,26-28H2,1-2H3,(H,32,39)(H2,29,30,34,35). The minimum atomic E-state index is -0.487. The molecule has 17 heteroatoms. The summed E-state index contributed by atoms with van der Waals surface area (Å²) < 4.78 is 16.8. The highest BCUT2D eigenvalue weighted by Crippen LogP contribution is 2.38. The van der Waals surface area contributed by atoms with Crippen LogP contribution < -0.4 is 20.7 Å². The lowest BCUT2D eigenvalue weighted by atomic mass is 9.49. The van der Waals surface area contributed by atoms with Crippen molar-refractivity contribution in [1.82, 2.24) is 40.8 Å². The van der Waals surface area contributed by atoms with E-state index < -0.39 is 5.24 Å². The summed E-state index contributed by atoms with van der Waals surface area (Å²) in [5.41, 5.74) is 2.43. The van der Waals surface area contributed by atoms with Gasteiger partial charge >= 0.3 is 0 Å². The normalized spacial score (nSPS) is 13.9. The molecule has 0 spiro atoms. The van der Waals surface area contributed by atoms with E-state index in [1.165, 1.54) is 0 Å². The number of benzene rings is 1. The van der Waals surface area contributed by atoms with Crippen molar-refractivity contribution in [2.24, 2.45) is 0 Å². The molecule has 5 rings (SSSR count). The molecule has 1 amide bonds. The van der Waals surface area contributed by atoms with E-state index in [1.807, 2.05) is 54.7 Å². The lowest BCUT2D eigenvalue weighted by molar-refractivity contribution is 0.0327. The van der Waals surface area contributed by atoms with Crippen molar-refractivity contribution in [3.05, 3.63) is 53.6 Å². The molecule has 0 saturated carbocycles. The lowest BCUT2D eigenvalue weighted by Gasteiger charge is -2.24. The van der Waals surface area contributed by atoms with E-state index in [0.29, 0.717) is 65.8 Å². The Kier molecular flexibility index (Phi) is 8.68. The van der Waals surface area contributed by atoms with Gasteiger partial charge < -0.3 is 29.9 Å². The Labute approximate surface area is 245 Å². The predicted octanol–water partition coefficient (Wildman–Crippen LogP) is -0.807. The van der Waals surface area contributed by atoms with Gasteiger partial charge in [0.1, 0.15) is 23.5 Å². The van der Waals surface area contributed by atoms with Gasteiger partial charge in [0.15, 0.2) is 28.9 Å². The third-order valence-corrected chi connectivity index (χ3v) is 6.21. The molecule has 0 bridgehead atoms. The van der Waals surface area contributed by atoms with Gasteiger partial charge in [0.05, 0.1) is 49.5 Å². The quantitative estimate of drug-likeness (QED) is 0.204. The number of rotatable bonds is 10. The number of nitrogens with zero attached hydrogens (tertiary/aromatic N) is 7. The van der Waals surface area contributed by atoms with Gasteiger partial charge in [-0.25, -0.2) is 0 Å². The Morgan fingerprint density at radius 2 is 1.81 bits per heavy atom. The van der Waals surface area contributed by atoms with Crippen LogP contribution in [0.1, 0.15) is 22.0 Å². The first kappa shape index (κ1) is 29.0. The summed E-state index contributed by atoms with van der Waals surface area (Å²) in [6.07, 6.45) is 0. The summed E-state index contributed by atoms with van der Waals surface area (Å²) >= 11 is 0. The van der Waals surface area contributed by atoms with Gasteiger partial charge in [0, 0.05) is 19.2 Å². The molecule has 1 aromatic carbocycles. The molecule has 3 aromatic heterocycles. The van der Waals surface area contributed by atoms with Crippen LogP contribution in [0.3, 0.4) is 0 Å². The van der Waals surface area contributed by atoms with Crippen LogP contribution in [0, 0.1) is 6.92 Å². The van der Waals surface area contributed by atoms with E-state index in [4.69, 9.17) is 14.0 Å². The molecule has 14 nitrogen and oxygen atoms in total. The summed E-state index contributed by atoms with van der Waals surface area (Å²) in [4.78, 5) is 20.0. The predicted molar refractivity (Wildman–Crippen MR) is 164 cm³/mol. The van der Waals surface area contributed by atoms with Crippen LogP contribution in [0.2, 0.25) is 0 Å². The van der Waals surface area contributed by atoms with E-state index in [9.17, 15) is 4.79 Å². The number of ether oxygens (including phenoxy) is 2. The van der Waals surface area contributed by atoms with Crippen LogP contribution in [0.5, 0.6) is 5.75 Å². The Hall–Kier alpha value is -4.50. The number of carbonyl (C=O) groups excluding carboxylic acids is 1. The van der Waals surface area contributed by atoms with Gasteiger partial charge in [-0.1, -0.05) is 11.2 Å². The van der Waals surface area contributed by atoms with Gasteiger partial charge in [-0.05, 0) is 36.4 Å². The molecule has 1 aliphatic heterocycles. The number of carbonyl (C=O) groups is 1. The first-order valence-corrected chi connectivity index (χ1v) is 13.5. The minimum absolute atomic E-state index is 0.100. The van der Waals surface area contributed by atoms with Crippen LogP contribution in [-0.2, 0) is 11.3 Å². The minimum Gasteiger partial charge on any atom is -0.494 e. The Balaban J connectivity index is 1.46. The van der Waals surface area contributed by atoms with E-state index in [-0.39, 0.29) is 11.6 Å². The maximum atomic E-state index is 13.2. The van der Waals surface area contributed by atoms with E-state index in [2.05, 4.69) is 51.4 Å². The summed E-state index contributed by atoms with van der Waals surface area (Å²) in [6, 6.07) is 10.8. The van der Waals surface area contributed by atoms with Crippen molar-refractivity contribution in [3.63, 3.8) is 0 Å². The Morgan fingerprint density at radius 3 is 2.52 bits per heavy atom. The number of methoxy groups -OCH3 is 1. The van der Waals surface area contributed by atoms with Crippen molar-refractivity contribution in [3.8, 4) is 17.2 Å². The third kappa shape index (κ3) is 7.22. The molecule has 1 aliphatic rings. The largest absolute Gasteiger partial charge is 0.494 e. The molecule has 1 saturated heterocycles. The van der Waals surface area contributed by atoms with Gasteiger partial charge in [-0.15, -0.1) is 15.3 Å². The smallest absolute Gasteiger partial charge is 0.272 e. The number of hydrogen-bond acceptors (Lipinski definition) is 13. The van der Waals surface area contributed by atoms with E-state index >= 15 is 0 Å². The van der Waals surface area contributed by atoms with Crippen LogP contribution in [0.25, 0.3) is 11.5 Å². The monoisotopic (exact) mass is 568 g/mol. The number of para-hydroxylation sites is 1. The average molecular weight is 568 g/mol.